The molecule has 0 saturated heterocycles. The second kappa shape index (κ2) is 4.76. The average molecular weight is 213 g/mol. The van der Waals surface area contributed by atoms with E-state index in [9.17, 15) is 9.59 Å². The standard InChI is InChI=1S/C9H11NO3S/c1-6(10-8(11)9(12)13)5-7-3-2-4-14-7/h2-4,6H,5H2,1H3,(H,10,11)(H,12,13). The van der Waals surface area contributed by atoms with Crippen LogP contribution in [0.5, 0.6) is 0 Å². The third-order valence-electron chi connectivity index (χ3n) is 1.66. The first-order chi connectivity index (χ1) is 6.59. The first-order valence-corrected chi connectivity index (χ1v) is 5.03. The van der Waals surface area contributed by atoms with Crippen LogP contribution < -0.4 is 5.32 Å². The van der Waals surface area contributed by atoms with Crippen LogP contribution in [0, 0.1) is 0 Å². The molecule has 0 bridgehead atoms. The van der Waals surface area contributed by atoms with E-state index < -0.39 is 11.9 Å². The molecule has 1 rings (SSSR count). The van der Waals surface area contributed by atoms with Gasteiger partial charge in [-0.2, -0.15) is 0 Å². The molecule has 14 heavy (non-hydrogen) atoms. The van der Waals surface area contributed by atoms with Gasteiger partial charge in [0.15, 0.2) is 0 Å². The first kappa shape index (κ1) is 10.7. The van der Waals surface area contributed by atoms with Gasteiger partial charge in [0.1, 0.15) is 0 Å². The number of hydrogen-bond donors (Lipinski definition) is 2. The predicted molar refractivity (Wildman–Crippen MR) is 53.3 cm³/mol. The maximum absolute atomic E-state index is 10.8. The summed E-state index contributed by atoms with van der Waals surface area (Å²) in [4.78, 5) is 22.1. The molecule has 1 aromatic heterocycles. The Kier molecular flexibility index (Phi) is 3.64. The third-order valence-corrected chi connectivity index (χ3v) is 2.56. The molecule has 0 fully saturated rings. The Balaban J connectivity index is 2.40. The molecule has 0 aliphatic heterocycles. The molecule has 1 atom stereocenters. The molecule has 5 heteroatoms. The number of thiophene rings is 1. The summed E-state index contributed by atoms with van der Waals surface area (Å²) in [5, 5.41) is 12.7. The monoisotopic (exact) mass is 213 g/mol. The lowest BCUT2D eigenvalue weighted by molar-refractivity contribution is -0.150. The molecule has 0 radical (unpaired) electrons. The van der Waals surface area contributed by atoms with E-state index >= 15 is 0 Å². The fourth-order valence-corrected chi connectivity index (χ4v) is 1.90. The lowest BCUT2D eigenvalue weighted by Crippen LogP contribution is -2.38. The number of carboxylic acid groups (broad SMARTS) is 1. The Morgan fingerprint density at radius 2 is 2.36 bits per heavy atom. The van der Waals surface area contributed by atoms with Crippen molar-refractivity contribution in [2.45, 2.75) is 19.4 Å². The van der Waals surface area contributed by atoms with Gasteiger partial charge in [0.05, 0.1) is 0 Å². The minimum absolute atomic E-state index is 0.155. The maximum Gasteiger partial charge on any atom is 0.394 e. The highest BCUT2D eigenvalue weighted by atomic mass is 32.1. The van der Waals surface area contributed by atoms with Crippen molar-refractivity contribution < 1.29 is 14.7 Å². The molecule has 2 N–H and O–H groups in total. The number of carbonyl (C=O) groups is 2. The lowest BCUT2D eigenvalue weighted by Gasteiger charge is -2.10. The molecular weight excluding hydrogens is 202 g/mol. The van der Waals surface area contributed by atoms with Gasteiger partial charge in [0.2, 0.25) is 0 Å². The molecule has 0 aliphatic rings. The van der Waals surface area contributed by atoms with Crippen molar-refractivity contribution in [3.8, 4) is 0 Å². The summed E-state index contributed by atoms with van der Waals surface area (Å²) in [7, 11) is 0. The number of aliphatic carboxylic acids is 1. The molecule has 0 aromatic carbocycles. The fraction of sp³-hybridized carbons (Fsp3) is 0.333. The number of amides is 1. The van der Waals surface area contributed by atoms with Gasteiger partial charge in [-0.25, -0.2) is 4.79 Å². The predicted octanol–water partition coefficient (Wildman–Crippen LogP) is 0.880. The van der Waals surface area contributed by atoms with Crippen molar-refractivity contribution in [1.29, 1.82) is 0 Å². The van der Waals surface area contributed by atoms with Crippen LogP contribution >= 0.6 is 11.3 Å². The van der Waals surface area contributed by atoms with Crippen LogP contribution in [-0.2, 0) is 16.0 Å². The van der Waals surface area contributed by atoms with Crippen LogP contribution in [0.3, 0.4) is 0 Å². The fourth-order valence-electron chi connectivity index (χ4n) is 1.07. The van der Waals surface area contributed by atoms with Crippen LogP contribution in [-0.4, -0.2) is 23.0 Å². The number of carbonyl (C=O) groups excluding carboxylic acids is 1. The first-order valence-electron chi connectivity index (χ1n) is 4.15. The van der Waals surface area contributed by atoms with Crippen LogP contribution in [0.4, 0.5) is 0 Å². The van der Waals surface area contributed by atoms with Crippen LogP contribution in [0.15, 0.2) is 17.5 Å². The van der Waals surface area contributed by atoms with Gasteiger partial charge < -0.3 is 10.4 Å². The Hall–Kier alpha value is -1.36. The second-order valence-electron chi connectivity index (χ2n) is 2.96. The summed E-state index contributed by atoms with van der Waals surface area (Å²) in [6.07, 6.45) is 0.663. The summed E-state index contributed by atoms with van der Waals surface area (Å²) in [6.45, 7) is 1.78. The van der Waals surface area contributed by atoms with E-state index in [1.165, 1.54) is 0 Å². The quantitative estimate of drug-likeness (QED) is 0.732. The highest BCUT2D eigenvalue weighted by Crippen LogP contribution is 2.10. The van der Waals surface area contributed by atoms with Gasteiger partial charge >= 0.3 is 11.9 Å². The summed E-state index contributed by atoms with van der Waals surface area (Å²) >= 11 is 1.59. The zero-order valence-electron chi connectivity index (χ0n) is 7.69. The second-order valence-corrected chi connectivity index (χ2v) is 4.00. The molecule has 4 nitrogen and oxygen atoms in total. The molecule has 0 aliphatic carbocycles. The van der Waals surface area contributed by atoms with E-state index in [-0.39, 0.29) is 6.04 Å². The van der Waals surface area contributed by atoms with Crippen molar-refractivity contribution in [3.05, 3.63) is 22.4 Å². The zero-order chi connectivity index (χ0) is 10.6. The Morgan fingerprint density at radius 3 is 2.86 bits per heavy atom. The van der Waals surface area contributed by atoms with Crippen LogP contribution in [0.1, 0.15) is 11.8 Å². The van der Waals surface area contributed by atoms with Gasteiger partial charge in [-0.05, 0) is 18.4 Å². The highest BCUT2D eigenvalue weighted by molar-refractivity contribution is 7.09. The van der Waals surface area contributed by atoms with Crippen molar-refractivity contribution in [2.75, 3.05) is 0 Å². The van der Waals surface area contributed by atoms with Crippen molar-refractivity contribution in [1.82, 2.24) is 5.32 Å². The summed E-state index contributed by atoms with van der Waals surface area (Å²) in [5.41, 5.74) is 0. The van der Waals surface area contributed by atoms with Crippen molar-refractivity contribution >= 4 is 23.2 Å². The SMILES string of the molecule is CC(Cc1cccs1)NC(=O)C(=O)O. The minimum atomic E-state index is -1.44. The van der Waals surface area contributed by atoms with Crippen molar-refractivity contribution in [3.63, 3.8) is 0 Å². The van der Waals surface area contributed by atoms with E-state index in [1.807, 2.05) is 17.5 Å². The Morgan fingerprint density at radius 1 is 1.64 bits per heavy atom. The molecule has 1 aromatic rings. The minimum Gasteiger partial charge on any atom is -0.474 e. The molecule has 0 spiro atoms. The molecule has 1 amide bonds. The van der Waals surface area contributed by atoms with Gasteiger partial charge in [0, 0.05) is 17.3 Å². The van der Waals surface area contributed by atoms with E-state index in [1.54, 1.807) is 18.3 Å². The highest BCUT2D eigenvalue weighted by Gasteiger charge is 2.14. The summed E-state index contributed by atoms with van der Waals surface area (Å²) in [5.74, 6) is -2.39. The normalized spacial score (nSPS) is 12.1. The zero-order valence-corrected chi connectivity index (χ0v) is 8.50. The summed E-state index contributed by atoms with van der Waals surface area (Å²) < 4.78 is 0. The summed E-state index contributed by atoms with van der Waals surface area (Å²) in [6, 6.07) is 3.72. The van der Waals surface area contributed by atoms with Gasteiger partial charge in [0.25, 0.3) is 0 Å². The molecule has 0 saturated carbocycles. The Labute approximate surface area is 85.6 Å². The number of rotatable bonds is 3. The molecular formula is C9H11NO3S. The van der Waals surface area contributed by atoms with E-state index in [4.69, 9.17) is 5.11 Å². The molecule has 76 valence electrons. The average Bonchev–Trinajstić information content (AvgIpc) is 2.56. The molecule has 1 heterocycles. The van der Waals surface area contributed by atoms with E-state index in [2.05, 4.69) is 5.32 Å². The Bertz CT molecular complexity index is 321. The topological polar surface area (TPSA) is 66.4 Å². The maximum atomic E-state index is 10.8. The van der Waals surface area contributed by atoms with Gasteiger partial charge in [-0.15, -0.1) is 11.3 Å². The van der Waals surface area contributed by atoms with Gasteiger partial charge in [-0.1, -0.05) is 6.07 Å². The van der Waals surface area contributed by atoms with E-state index in [0.29, 0.717) is 6.42 Å². The number of hydrogen-bond acceptors (Lipinski definition) is 3. The smallest absolute Gasteiger partial charge is 0.394 e. The molecule has 1 unspecified atom stereocenters. The van der Waals surface area contributed by atoms with Crippen molar-refractivity contribution in [2.24, 2.45) is 0 Å². The van der Waals surface area contributed by atoms with E-state index in [0.717, 1.165) is 4.88 Å². The lowest BCUT2D eigenvalue weighted by atomic mass is 10.2. The van der Waals surface area contributed by atoms with Crippen LogP contribution in [0.2, 0.25) is 0 Å². The van der Waals surface area contributed by atoms with Gasteiger partial charge in [-0.3, -0.25) is 4.79 Å². The third kappa shape index (κ3) is 3.18. The van der Waals surface area contributed by atoms with Crippen LogP contribution in [0.25, 0.3) is 0 Å². The number of carboxylic acids is 1. The largest absolute Gasteiger partial charge is 0.474 e. The number of nitrogens with one attached hydrogen (secondary N) is 1.